The van der Waals surface area contributed by atoms with Crippen LogP contribution in [0.1, 0.15) is 82.3 Å². The molecule has 26 heavy (non-hydrogen) atoms. The maximum atomic E-state index is 12.5. The summed E-state index contributed by atoms with van der Waals surface area (Å²) in [6.07, 6.45) is 10.1. The van der Waals surface area contributed by atoms with Gasteiger partial charge in [-0.2, -0.15) is 0 Å². The number of unbranched alkanes of at least 4 members (excludes halogenated alkanes) is 2. The SMILES string of the molecule is CCCCCC(=O)N1CCC[C@@H](c2nnc(CN3CCCCC3)n2C)C1. The smallest absolute Gasteiger partial charge is 0.222 e. The molecule has 0 aliphatic carbocycles. The van der Waals surface area contributed by atoms with Gasteiger partial charge in [0.25, 0.3) is 0 Å². The summed E-state index contributed by atoms with van der Waals surface area (Å²) >= 11 is 0. The molecule has 3 rings (SSSR count). The number of carbonyl (C=O) groups excluding carboxylic acids is 1. The Bertz CT molecular complexity index is 579. The van der Waals surface area contributed by atoms with E-state index in [0.29, 0.717) is 18.2 Å². The van der Waals surface area contributed by atoms with E-state index < -0.39 is 0 Å². The van der Waals surface area contributed by atoms with Gasteiger partial charge >= 0.3 is 0 Å². The number of nitrogens with zero attached hydrogens (tertiary/aromatic N) is 5. The van der Waals surface area contributed by atoms with Crippen LogP contribution in [0.25, 0.3) is 0 Å². The molecule has 6 heteroatoms. The van der Waals surface area contributed by atoms with Gasteiger partial charge < -0.3 is 9.47 Å². The maximum Gasteiger partial charge on any atom is 0.222 e. The van der Waals surface area contributed by atoms with Crippen LogP contribution in [0, 0.1) is 0 Å². The maximum absolute atomic E-state index is 12.5. The Hall–Kier alpha value is -1.43. The third-order valence-electron chi connectivity index (χ3n) is 5.95. The topological polar surface area (TPSA) is 54.3 Å². The molecule has 0 bridgehead atoms. The lowest BCUT2D eigenvalue weighted by Crippen LogP contribution is -2.39. The van der Waals surface area contributed by atoms with Crippen LogP contribution in [-0.2, 0) is 18.4 Å². The highest BCUT2D eigenvalue weighted by atomic mass is 16.2. The first-order valence-corrected chi connectivity index (χ1v) is 10.6. The summed E-state index contributed by atoms with van der Waals surface area (Å²) in [6, 6.07) is 0. The lowest BCUT2D eigenvalue weighted by atomic mass is 9.96. The molecular formula is C20H35N5O. The number of rotatable bonds is 7. The second kappa shape index (κ2) is 9.49. The van der Waals surface area contributed by atoms with E-state index in [0.717, 1.165) is 63.4 Å². The van der Waals surface area contributed by atoms with Crippen molar-refractivity contribution in [3.05, 3.63) is 11.6 Å². The van der Waals surface area contributed by atoms with Crippen molar-refractivity contribution in [1.29, 1.82) is 0 Å². The lowest BCUT2D eigenvalue weighted by Gasteiger charge is -2.32. The van der Waals surface area contributed by atoms with Crippen LogP contribution in [-0.4, -0.2) is 56.7 Å². The fraction of sp³-hybridized carbons (Fsp3) is 0.850. The number of aromatic nitrogens is 3. The summed E-state index contributed by atoms with van der Waals surface area (Å²) in [5.74, 6) is 2.77. The van der Waals surface area contributed by atoms with Gasteiger partial charge in [-0.1, -0.05) is 26.2 Å². The highest BCUT2D eigenvalue weighted by Gasteiger charge is 2.28. The van der Waals surface area contributed by atoms with Gasteiger partial charge in [-0.25, -0.2) is 0 Å². The van der Waals surface area contributed by atoms with Crippen molar-refractivity contribution in [2.24, 2.45) is 7.05 Å². The van der Waals surface area contributed by atoms with Crippen molar-refractivity contribution in [2.45, 2.75) is 77.2 Å². The minimum atomic E-state index is 0.318. The van der Waals surface area contributed by atoms with Crippen LogP contribution in [0.3, 0.4) is 0 Å². The number of likely N-dealkylation sites (tertiary alicyclic amines) is 2. The van der Waals surface area contributed by atoms with Gasteiger partial charge in [-0.15, -0.1) is 10.2 Å². The monoisotopic (exact) mass is 361 g/mol. The summed E-state index contributed by atoms with van der Waals surface area (Å²) in [5, 5.41) is 9.01. The van der Waals surface area contributed by atoms with Crippen LogP contribution in [0.2, 0.25) is 0 Å². The molecule has 3 heterocycles. The molecule has 2 saturated heterocycles. The largest absolute Gasteiger partial charge is 0.342 e. The average molecular weight is 362 g/mol. The van der Waals surface area contributed by atoms with Crippen molar-refractivity contribution in [3.63, 3.8) is 0 Å². The second-order valence-electron chi connectivity index (χ2n) is 8.01. The second-order valence-corrected chi connectivity index (χ2v) is 8.01. The average Bonchev–Trinajstić information content (AvgIpc) is 3.03. The number of hydrogen-bond acceptors (Lipinski definition) is 4. The molecule has 1 amide bonds. The molecule has 1 aromatic rings. The number of piperidine rings is 2. The molecule has 0 saturated carbocycles. The Morgan fingerprint density at radius 1 is 1.08 bits per heavy atom. The Balaban J connectivity index is 1.58. The molecule has 0 spiro atoms. The standard InChI is InChI=1S/C20H35N5O/c1-3-4-6-11-19(26)25-14-9-10-17(15-25)20-22-21-18(23(20)2)16-24-12-7-5-8-13-24/h17H,3-16H2,1-2H3/t17-/m1/s1. The summed E-state index contributed by atoms with van der Waals surface area (Å²) in [6.45, 7) is 7.13. The molecule has 146 valence electrons. The van der Waals surface area contributed by atoms with E-state index in [9.17, 15) is 4.79 Å². The van der Waals surface area contributed by atoms with E-state index in [4.69, 9.17) is 0 Å². The van der Waals surface area contributed by atoms with Gasteiger partial charge in [0.05, 0.1) is 6.54 Å². The van der Waals surface area contributed by atoms with Crippen molar-refractivity contribution in [2.75, 3.05) is 26.2 Å². The van der Waals surface area contributed by atoms with Crippen molar-refractivity contribution >= 4 is 5.91 Å². The van der Waals surface area contributed by atoms with Crippen molar-refractivity contribution < 1.29 is 4.79 Å². The summed E-state index contributed by atoms with van der Waals surface area (Å²) in [7, 11) is 2.09. The van der Waals surface area contributed by atoms with E-state index in [2.05, 4.69) is 38.5 Å². The molecule has 0 radical (unpaired) electrons. The van der Waals surface area contributed by atoms with E-state index in [1.54, 1.807) is 0 Å². The van der Waals surface area contributed by atoms with Crippen molar-refractivity contribution in [1.82, 2.24) is 24.6 Å². The van der Waals surface area contributed by atoms with E-state index >= 15 is 0 Å². The van der Waals surface area contributed by atoms with E-state index in [1.807, 2.05) is 0 Å². The zero-order valence-corrected chi connectivity index (χ0v) is 16.6. The molecule has 0 aromatic carbocycles. The minimum absolute atomic E-state index is 0.318. The first kappa shape index (κ1) is 19.3. The van der Waals surface area contributed by atoms with Gasteiger partial charge in [0.1, 0.15) is 11.6 Å². The van der Waals surface area contributed by atoms with Gasteiger partial charge in [-0.05, 0) is 45.2 Å². The first-order chi connectivity index (χ1) is 12.7. The molecule has 1 aromatic heterocycles. The highest BCUT2D eigenvalue weighted by molar-refractivity contribution is 5.76. The van der Waals surface area contributed by atoms with E-state index in [1.165, 1.54) is 32.4 Å². The fourth-order valence-corrected chi connectivity index (χ4v) is 4.28. The van der Waals surface area contributed by atoms with Crippen LogP contribution in [0.15, 0.2) is 0 Å². The Kier molecular flexibility index (Phi) is 7.06. The van der Waals surface area contributed by atoms with Gasteiger partial charge in [0, 0.05) is 32.5 Å². The fourth-order valence-electron chi connectivity index (χ4n) is 4.28. The number of carbonyl (C=O) groups is 1. The predicted molar refractivity (Wildman–Crippen MR) is 103 cm³/mol. The zero-order valence-electron chi connectivity index (χ0n) is 16.6. The molecule has 2 aliphatic rings. The van der Waals surface area contributed by atoms with Gasteiger partial charge in [0.2, 0.25) is 5.91 Å². The summed E-state index contributed by atoms with van der Waals surface area (Å²) in [5.41, 5.74) is 0. The summed E-state index contributed by atoms with van der Waals surface area (Å²) < 4.78 is 2.18. The van der Waals surface area contributed by atoms with Crippen LogP contribution in [0.5, 0.6) is 0 Å². The number of hydrogen-bond donors (Lipinski definition) is 0. The molecule has 0 N–H and O–H groups in total. The van der Waals surface area contributed by atoms with Crippen LogP contribution >= 0.6 is 0 Å². The van der Waals surface area contributed by atoms with Gasteiger partial charge in [0.15, 0.2) is 0 Å². The zero-order chi connectivity index (χ0) is 18.4. The van der Waals surface area contributed by atoms with Crippen molar-refractivity contribution in [3.8, 4) is 0 Å². The quantitative estimate of drug-likeness (QED) is 0.700. The van der Waals surface area contributed by atoms with E-state index in [-0.39, 0.29) is 0 Å². The third-order valence-corrected chi connectivity index (χ3v) is 5.95. The predicted octanol–water partition coefficient (Wildman–Crippen LogP) is 3.09. The summed E-state index contributed by atoms with van der Waals surface area (Å²) in [4.78, 5) is 17.0. The molecule has 6 nitrogen and oxygen atoms in total. The number of amides is 1. The molecule has 2 fully saturated rings. The molecule has 1 atom stereocenters. The molecule has 2 aliphatic heterocycles. The first-order valence-electron chi connectivity index (χ1n) is 10.6. The highest BCUT2D eigenvalue weighted by Crippen LogP contribution is 2.26. The third kappa shape index (κ3) is 4.84. The van der Waals surface area contributed by atoms with Crippen LogP contribution < -0.4 is 0 Å². The Morgan fingerprint density at radius 3 is 2.65 bits per heavy atom. The Labute approximate surface area is 157 Å². The normalized spacial score (nSPS) is 21.9. The molecule has 0 unspecified atom stereocenters. The Morgan fingerprint density at radius 2 is 1.88 bits per heavy atom. The lowest BCUT2D eigenvalue weighted by molar-refractivity contribution is -0.132. The molecular weight excluding hydrogens is 326 g/mol. The van der Waals surface area contributed by atoms with Gasteiger partial charge in [-0.3, -0.25) is 9.69 Å². The van der Waals surface area contributed by atoms with Crippen LogP contribution in [0.4, 0.5) is 0 Å². The minimum Gasteiger partial charge on any atom is -0.342 e.